The van der Waals surface area contributed by atoms with Crippen molar-refractivity contribution in [1.29, 1.82) is 0 Å². The lowest BCUT2D eigenvalue weighted by atomic mass is 10.2. The zero-order chi connectivity index (χ0) is 13.9. The number of benzene rings is 1. The van der Waals surface area contributed by atoms with Crippen LogP contribution in [-0.4, -0.2) is 13.4 Å². The molecule has 0 saturated carbocycles. The second-order valence-electron chi connectivity index (χ2n) is 4.01. The maximum atomic E-state index is 12.2. The number of rotatable bonds is 4. The SMILES string of the molecule is Cc1c(Cl)cccc1S(=O)(=O)NCc1ccccn1. The van der Waals surface area contributed by atoms with Gasteiger partial charge in [0.2, 0.25) is 10.0 Å². The molecule has 1 heterocycles. The fourth-order valence-electron chi connectivity index (χ4n) is 1.63. The molecule has 19 heavy (non-hydrogen) atoms. The summed E-state index contributed by atoms with van der Waals surface area (Å²) in [5.74, 6) is 0. The molecule has 6 heteroatoms. The Hall–Kier alpha value is -1.43. The molecule has 0 radical (unpaired) electrons. The predicted octanol–water partition coefficient (Wildman–Crippen LogP) is 2.52. The minimum absolute atomic E-state index is 0.148. The molecular weight excluding hydrogens is 284 g/mol. The average Bonchev–Trinajstić information content (AvgIpc) is 2.41. The predicted molar refractivity (Wildman–Crippen MR) is 74.5 cm³/mol. The molecule has 1 aromatic carbocycles. The molecule has 0 bridgehead atoms. The standard InChI is InChI=1S/C13H13ClN2O2S/c1-10-12(14)6-4-7-13(10)19(17,18)16-9-11-5-2-3-8-15-11/h2-8,16H,9H2,1H3. The largest absolute Gasteiger partial charge is 0.260 e. The molecule has 4 nitrogen and oxygen atoms in total. The number of hydrogen-bond donors (Lipinski definition) is 1. The second kappa shape index (κ2) is 5.69. The summed E-state index contributed by atoms with van der Waals surface area (Å²) >= 11 is 5.93. The van der Waals surface area contributed by atoms with Crippen LogP contribution in [0.25, 0.3) is 0 Å². The van der Waals surface area contributed by atoms with E-state index in [2.05, 4.69) is 9.71 Å². The summed E-state index contributed by atoms with van der Waals surface area (Å²) in [6, 6.07) is 10.1. The molecule has 0 atom stereocenters. The van der Waals surface area contributed by atoms with Crippen LogP contribution in [0.3, 0.4) is 0 Å². The Kier molecular flexibility index (Phi) is 4.19. The first-order chi connectivity index (χ1) is 9.00. The van der Waals surface area contributed by atoms with E-state index in [0.717, 1.165) is 0 Å². The Balaban J connectivity index is 2.22. The van der Waals surface area contributed by atoms with E-state index >= 15 is 0 Å². The van der Waals surface area contributed by atoms with Gasteiger partial charge in [-0.3, -0.25) is 4.98 Å². The van der Waals surface area contributed by atoms with E-state index in [-0.39, 0.29) is 11.4 Å². The molecule has 1 aromatic heterocycles. The molecule has 2 aromatic rings. The molecule has 0 aliphatic rings. The monoisotopic (exact) mass is 296 g/mol. The molecule has 0 amide bonds. The van der Waals surface area contributed by atoms with E-state index < -0.39 is 10.0 Å². The fourth-order valence-corrected chi connectivity index (χ4v) is 3.12. The molecule has 0 saturated heterocycles. The highest BCUT2D eigenvalue weighted by Crippen LogP contribution is 2.22. The molecule has 0 fully saturated rings. The van der Waals surface area contributed by atoms with Gasteiger partial charge in [0.15, 0.2) is 0 Å². The molecule has 100 valence electrons. The van der Waals surface area contributed by atoms with Gasteiger partial charge >= 0.3 is 0 Å². The van der Waals surface area contributed by atoms with Crippen LogP contribution in [0.1, 0.15) is 11.3 Å². The number of hydrogen-bond acceptors (Lipinski definition) is 3. The third kappa shape index (κ3) is 3.32. The third-order valence-corrected chi connectivity index (χ3v) is 4.63. The van der Waals surface area contributed by atoms with Gasteiger partial charge in [-0.1, -0.05) is 23.7 Å². The normalized spacial score (nSPS) is 11.5. The van der Waals surface area contributed by atoms with Crippen LogP contribution in [0.2, 0.25) is 5.02 Å². The minimum atomic E-state index is -3.59. The van der Waals surface area contributed by atoms with Gasteiger partial charge in [-0.25, -0.2) is 13.1 Å². The molecule has 0 unspecified atom stereocenters. The number of nitrogens with zero attached hydrogens (tertiary/aromatic N) is 1. The molecular formula is C13H13ClN2O2S. The summed E-state index contributed by atoms with van der Waals surface area (Å²) in [6.45, 7) is 1.83. The third-order valence-electron chi connectivity index (χ3n) is 2.68. The lowest BCUT2D eigenvalue weighted by molar-refractivity contribution is 0.580. The van der Waals surface area contributed by atoms with Gasteiger partial charge in [0.25, 0.3) is 0 Å². The number of nitrogens with one attached hydrogen (secondary N) is 1. The van der Waals surface area contributed by atoms with Crippen molar-refractivity contribution < 1.29 is 8.42 Å². The number of halogens is 1. The fraction of sp³-hybridized carbons (Fsp3) is 0.154. The number of aromatic nitrogens is 1. The molecule has 1 N–H and O–H groups in total. The van der Waals surface area contributed by atoms with E-state index in [1.54, 1.807) is 43.5 Å². The van der Waals surface area contributed by atoms with Crippen LogP contribution in [0.15, 0.2) is 47.5 Å². The van der Waals surface area contributed by atoms with Crippen molar-refractivity contribution >= 4 is 21.6 Å². The topological polar surface area (TPSA) is 59.1 Å². The van der Waals surface area contributed by atoms with Gasteiger partial charge in [-0.15, -0.1) is 0 Å². The van der Waals surface area contributed by atoms with Crippen molar-refractivity contribution in [2.75, 3.05) is 0 Å². The van der Waals surface area contributed by atoms with Crippen LogP contribution in [0, 0.1) is 6.92 Å². The Morgan fingerprint density at radius 3 is 2.68 bits per heavy atom. The summed E-state index contributed by atoms with van der Waals surface area (Å²) in [4.78, 5) is 4.25. The summed E-state index contributed by atoms with van der Waals surface area (Å²) in [7, 11) is -3.59. The minimum Gasteiger partial charge on any atom is -0.260 e. The quantitative estimate of drug-likeness (QED) is 0.943. The second-order valence-corrected chi connectivity index (χ2v) is 6.15. The van der Waals surface area contributed by atoms with Crippen LogP contribution >= 0.6 is 11.6 Å². The zero-order valence-electron chi connectivity index (χ0n) is 10.3. The first-order valence-electron chi connectivity index (χ1n) is 5.65. The van der Waals surface area contributed by atoms with Crippen LogP contribution in [0.5, 0.6) is 0 Å². The lowest BCUT2D eigenvalue weighted by Crippen LogP contribution is -2.24. The highest BCUT2D eigenvalue weighted by molar-refractivity contribution is 7.89. The highest BCUT2D eigenvalue weighted by Gasteiger charge is 2.17. The van der Waals surface area contributed by atoms with Gasteiger partial charge in [0, 0.05) is 11.2 Å². The molecule has 0 spiro atoms. The zero-order valence-corrected chi connectivity index (χ0v) is 11.9. The van der Waals surface area contributed by atoms with E-state index in [0.29, 0.717) is 16.3 Å². The summed E-state index contributed by atoms with van der Waals surface area (Å²) in [5.41, 5.74) is 1.20. The van der Waals surface area contributed by atoms with Crippen molar-refractivity contribution in [2.45, 2.75) is 18.4 Å². The maximum Gasteiger partial charge on any atom is 0.241 e. The van der Waals surface area contributed by atoms with Crippen LogP contribution in [0.4, 0.5) is 0 Å². The van der Waals surface area contributed by atoms with Gasteiger partial charge in [0.1, 0.15) is 0 Å². The van der Waals surface area contributed by atoms with E-state index in [1.165, 1.54) is 6.07 Å². The van der Waals surface area contributed by atoms with E-state index in [1.807, 2.05) is 0 Å². The molecule has 0 aliphatic carbocycles. The van der Waals surface area contributed by atoms with E-state index in [4.69, 9.17) is 11.6 Å². The average molecular weight is 297 g/mol. The first-order valence-corrected chi connectivity index (χ1v) is 7.51. The Morgan fingerprint density at radius 2 is 2.00 bits per heavy atom. The smallest absolute Gasteiger partial charge is 0.241 e. The Morgan fingerprint density at radius 1 is 1.21 bits per heavy atom. The highest BCUT2D eigenvalue weighted by atomic mass is 35.5. The first kappa shape index (κ1) is 14.0. The maximum absolute atomic E-state index is 12.2. The number of pyridine rings is 1. The van der Waals surface area contributed by atoms with Crippen molar-refractivity contribution in [2.24, 2.45) is 0 Å². The van der Waals surface area contributed by atoms with Crippen molar-refractivity contribution in [3.63, 3.8) is 0 Å². The molecule has 0 aliphatic heterocycles. The van der Waals surface area contributed by atoms with Gasteiger partial charge in [-0.05, 0) is 36.8 Å². The van der Waals surface area contributed by atoms with Crippen molar-refractivity contribution in [3.8, 4) is 0 Å². The summed E-state index contributed by atoms with van der Waals surface area (Å²) < 4.78 is 26.9. The van der Waals surface area contributed by atoms with Crippen LogP contribution in [-0.2, 0) is 16.6 Å². The Bertz CT molecular complexity index is 672. The summed E-state index contributed by atoms with van der Waals surface area (Å²) in [5, 5.41) is 0.431. The van der Waals surface area contributed by atoms with Gasteiger partial charge in [-0.2, -0.15) is 0 Å². The van der Waals surface area contributed by atoms with Gasteiger partial charge in [0.05, 0.1) is 17.1 Å². The Labute approximate surface area is 117 Å². The van der Waals surface area contributed by atoms with Crippen molar-refractivity contribution in [3.05, 3.63) is 58.9 Å². The number of sulfonamides is 1. The van der Waals surface area contributed by atoms with E-state index in [9.17, 15) is 8.42 Å². The molecule has 2 rings (SSSR count). The summed E-state index contributed by atoms with van der Waals surface area (Å²) in [6.07, 6.45) is 1.62. The van der Waals surface area contributed by atoms with Crippen LogP contribution < -0.4 is 4.72 Å². The lowest BCUT2D eigenvalue weighted by Gasteiger charge is -2.09. The van der Waals surface area contributed by atoms with Gasteiger partial charge < -0.3 is 0 Å². The van der Waals surface area contributed by atoms with Crippen molar-refractivity contribution in [1.82, 2.24) is 9.71 Å².